The van der Waals surface area contributed by atoms with Crippen molar-refractivity contribution in [2.75, 3.05) is 18.6 Å². The second kappa shape index (κ2) is 7.36. The van der Waals surface area contributed by atoms with Gasteiger partial charge < -0.3 is 10.1 Å². The molecule has 7 heteroatoms. The lowest BCUT2D eigenvalue weighted by molar-refractivity contribution is -0.115. The number of rotatable bonds is 5. The van der Waals surface area contributed by atoms with Crippen LogP contribution >= 0.6 is 0 Å². The molecule has 0 aromatic heterocycles. The molecule has 0 spiro atoms. The number of hydrazone groups is 1. The number of amides is 1. The van der Waals surface area contributed by atoms with E-state index in [-0.39, 0.29) is 17.6 Å². The topological polar surface area (TPSA) is 86.5 Å². The molecule has 1 fully saturated rings. The molecule has 1 aliphatic rings. The molecule has 1 aromatic carbocycles. The molecule has 1 amide bonds. The predicted octanol–water partition coefficient (Wildman–Crippen LogP) is 1.41. The van der Waals surface area contributed by atoms with E-state index in [9.17, 15) is 9.18 Å². The summed E-state index contributed by atoms with van der Waals surface area (Å²) < 4.78 is 18.1. The summed E-state index contributed by atoms with van der Waals surface area (Å²) in [5.41, 5.74) is 2.73. The standard InChI is InChI=1S/C14H15FN4O2/c15-10-3-5-11(6-4-10)18-19-13(8-16)14(20)17-9-12-2-1-7-21-12/h3-6,12,18H,1-2,7,9H2,(H,17,20)/b19-13-. The monoisotopic (exact) mass is 290 g/mol. The molecule has 0 bridgehead atoms. The van der Waals surface area contributed by atoms with E-state index >= 15 is 0 Å². The minimum atomic E-state index is -0.567. The molecule has 1 heterocycles. The number of carbonyl (C=O) groups excluding carboxylic acids is 1. The number of hydrogen-bond donors (Lipinski definition) is 2. The minimum absolute atomic E-state index is 0.000972. The largest absolute Gasteiger partial charge is 0.376 e. The number of nitrogens with one attached hydrogen (secondary N) is 2. The van der Waals surface area contributed by atoms with E-state index in [4.69, 9.17) is 10.00 Å². The van der Waals surface area contributed by atoms with Crippen molar-refractivity contribution < 1.29 is 13.9 Å². The molecule has 0 saturated carbocycles. The van der Waals surface area contributed by atoms with Gasteiger partial charge in [-0.15, -0.1) is 0 Å². The van der Waals surface area contributed by atoms with Gasteiger partial charge in [0.25, 0.3) is 5.91 Å². The first kappa shape index (κ1) is 14.9. The Labute approximate surface area is 121 Å². The molecular weight excluding hydrogens is 275 g/mol. The van der Waals surface area contributed by atoms with Gasteiger partial charge in [-0.05, 0) is 37.1 Å². The van der Waals surface area contributed by atoms with Gasteiger partial charge in [-0.2, -0.15) is 10.4 Å². The third-order valence-electron chi connectivity index (χ3n) is 2.98. The second-order valence-electron chi connectivity index (χ2n) is 4.54. The summed E-state index contributed by atoms with van der Waals surface area (Å²) >= 11 is 0. The quantitative estimate of drug-likeness (QED) is 0.634. The van der Waals surface area contributed by atoms with Crippen molar-refractivity contribution in [1.82, 2.24) is 5.32 Å². The number of hydrogen-bond acceptors (Lipinski definition) is 5. The highest BCUT2D eigenvalue weighted by molar-refractivity contribution is 6.45. The fourth-order valence-electron chi connectivity index (χ4n) is 1.87. The molecule has 6 nitrogen and oxygen atoms in total. The number of ether oxygens (including phenoxy) is 1. The van der Waals surface area contributed by atoms with Crippen LogP contribution in [0.5, 0.6) is 0 Å². The van der Waals surface area contributed by atoms with E-state index in [1.807, 2.05) is 0 Å². The Morgan fingerprint density at radius 2 is 2.24 bits per heavy atom. The van der Waals surface area contributed by atoms with Gasteiger partial charge >= 0.3 is 0 Å². The first-order valence-corrected chi connectivity index (χ1v) is 6.58. The Bertz CT molecular complexity index is 559. The van der Waals surface area contributed by atoms with E-state index in [1.54, 1.807) is 6.07 Å². The van der Waals surface area contributed by atoms with E-state index in [0.717, 1.165) is 12.8 Å². The summed E-state index contributed by atoms with van der Waals surface area (Å²) in [5.74, 6) is -0.943. The fourth-order valence-corrected chi connectivity index (χ4v) is 1.87. The Hall–Kier alpha value is -2.46. The summed E-state index contributed by atoms with van der Waals surface area (Å²) in [4.78, 5) is 11.8. The lowest BCUT2D eigenvalue weighted by Crippen LogP contribution is -2.36. The van der Waals surface area contributed by atoms with Crippen LogP contribution in [0.2, 0.25) is 0 Å². The highest BCUT2D eigenvalue weighted by atomic mass is 19.1. The minimum Gasteiger partial charge on any atom is -0.376 e. The molecule has 2 N–H and O–H groups in total. The average molecular weight is 290 g/mol. The Morgan fingerprint density at radius 1 is 1.48 bits per heavy atom. The van der Waals surface area contributed by atoms with E-state index in [1.165, 1.54) is 24.3 Å². The van der Waals surface area contributed by atoms with Crippen LogP contribution in [0, 0.1) is 17.1 Å². The molecule has 1 saturated heterocycles. The van der Waals surface area contributed by atoms with Crippen LogP contribution in [0.1, 0.15) is 12.8 Å². The number of carbonyl (C=O) groups is 1. The number of halogens is 1. The molecule has 0 radical (unpaired) electrons. The van der Waals surface area contributed by atoms with Crippen molar-refractivity contribution in [3.8, 4) is 6.07 Å². The van der Waals surface area contributed by atoms with Crippen LogP contribution in [0.4, 0.5) is 10.1 Å². The zero-order chi connectivity index (χ0) is 15.1. The summed E-state index contributed by atoms with van der Waals surface area (Å²) in [5, 5.41) is 15.3. The Morgan fingerprint density at radius 3 is 2.86 bits per heavy atom. The van der Waals surface area contributed by atoms with Gasteiger partial charge in [0.1, 0.15) is 11.9 Å². The van der Waals surface area contributed by atoms with E-state index < -0.39 is 5.91 Å². The van der Waals surface area contributed by atoms with Crippen molar-refractivity contribution in [3.63, 3.8) is 0 Å². The van der Waals surface area contributed by atoms with Crippen LogP contribution in [0.25, 0.3) is 0 Å². The number of benzene rings is 1. The van der Waals surface area contributed by atoms with E-state index in [0.29, 0.717) is 18.8 Å². The molecule has 1 unspecified atom stereocenters. The normalized spacial score (nSPS) is 18.1. The van der Waals surface area contributed by atoms with Gasteiger partial charge in [0, 0.05) is 13.2 Å². The molecule has 0 aliphatic carbocycles. The first-order valence-electron chi connectivity index (χ1n) is 6.58. The van der Waals surface area contributed by atoms with Crippen molar-refractivity contribution in [3.05, 3.63) is 30.1 Å². The Kier molecular flexibility index (Phi) is 5.23. The lowest BCUT2D eigenvalue weighted by Gasteiger charge is -2.09. The maximum atomic E-state index is 12.7. The Balaban J connectivity index is 1.88. The van der Waals surface area contributed by atoms with Gasteiger partial charge in [-0.25, -0.2) is 4.39 Å². The zero-order valence-electron chi connectivity index (χ0n) is 11.3. The molecular formula is C14H15FN4O2. The van der Waals surface area contributed by atoms with Gasteiger partial charge in [0.05, 0.1) is 11.8 Å². The van der Waals surface area contributed by atoms with Crippen molar-refractivity contribution in [2.24, 2.45) is 5.10 Å². The lowest BCUT2D eigenvalue weighted by atomic mass is 10.2. The molecule has 1 aliphatic heterocycles. The average Bonchev–Trinajstić information content (AvgIpc) is 3.01. The molecule has 1 aromatic rings. The highest BCUT2D eigenvalue weighted by Gasteiger charge is 2.18. The maximum absolute atomic E-state index is 12.7. The number of nitriles is 1. The third-order valence-corrected chi connectivity index (χ3v) is 2.98. The summed E-state index contributed by atoms with van der Waals surface area (Å²) in [6.45, 7) is 1.06. The smallest absolute Gasteiger partial charge is 0.282 e. The number of nitrogens with zero attached hydrogens (tertiary/aromatic N) is 2. The third kappa shape index (κ3) is 4.54. The second-order valence-corrected chi connectivity index (χ2v) is 4.54. The summed E-state index contributed by atoms with van der Waals surface area (Å²) in [7, 11) is 0. The van der Waals surface area contributed by atoms with Crippen LogP contribution in [0.3, 0.4) is 0 Å². The molecule has 1 atom stereocenters. The maximum Gasteiger partial charge on any atom is 0.282 e. The van der Waals surface area contributed by atoms with Crippen molar-refractivity contribution in [1.29, 1.82) is 5.26 Å². The van der Waals surface area contributed by atoms with Gasteiger partial charge in [-0.1, -0.05) is 0 Å². The van der Waals surface area contributed by atoms with Crippen LogP contribution in [-0.2, 0) is 9.53 Å². The summed E-state index contributed by atoms with van der Waals surface area (Å²) in [6, 6.07) is 7.14. The first-order chi connectivity index (χ1) is 10.2. The predicted molar refractivity (Wildman–Crippen MR) is 75.1 cm³/mol. The van der Waals surface area contributed by atoms with Crippen LogP contribution in [0.15, 0.2) is 29.4 Å². The molecule has 110 valence electrons. The summed E-state index contributed by atoms with van der Waals surface area (Å²) in [6.07, 6.45) is 1.87. The van der Waals surface area contributed by atoms with Gasteiger partial charge in [-0.3, -0.25) is 10.2 Å². The molecule has 21 heavy (non-hydrogen) atoms. The zero-order valence-corrected chi connectivity index (χ0v) is 11.3. The fraction of sp³-hybridized carbons (Fsp3) is 0.357. The van der Waals surface area contributed by atoms with Crippen LogP contribution in [-0.4, -0.2) is 30.9 Å². The van der Waals surface area contributed by atoms with Crippen molar-refractivity contribution in [2.45, 2.75) is 18.9 Å². The van der Waals surface area contributed by atoms with Gasteiger partial charge in [0.2, 0.25) is 5.71 Å². The number of anilines is 1. The molecule has 2 rings (SSSR count). The van der Waals surface area contributed by atoms with Crippen LogP contribution < -0.4 is 10.7 Å². The van der Waals surface area contributed by atoms with E-state index in [2.05, 4.69) is 15.8 Å². The van der Waals surface area contributed by atoms with Gasteiger partial charge in [0.15, 0.2) is 0 Å². The SMILES string of the molecule is N#C/C(=N/Nc1ccc(F)cc1)C(=O)NCC1CCCO1. The highest BCUT2D eigenvalue weighted by Crippen LogP contribution is 2.10. The van der Waals surface area contributed by atoms with Crippen molar-refractivity contribution >= 4 is 17.3 Å².